The second kappa shape index (κ2) is 5.16. The summed E-state index contributed by atoms with van der Waals surface area (Å²) in [6.45, 7) is 7.51. The first-order valence-electron chi connectivity index (χ1n) is 6.27. The van der Waals surface area contributed by atoms with Gasteiger partial charge in [0.25, 0.3) is 0 Å². The number of hydrogen-bond acceptors (Lipinski definition) is 4. The van der Waals surface area contributed by atoms with Crippen LogP contribution in [0.4, 0.5) is 0 Å². The van der Waals surface area contributed by atoms with Gasteiger partial charge in [0.1, 0.15) is 0 Å². The zero-order valence-corrected chi connectivity index (χ0v) is 11.2. The maximum atomic E-state index is 9.00. The summed E-state index contributed by atoms with van der Waals surface area (Å²) in [4.78, 5) is 0. The molecular formula is C14H21NO3. The van der Waals surface area contributed by atoms with Gasteiger partial charge < -0.3 is 19.9 Å². The third kappa shape index (κ3) is 2.94. The van der Waals surface area contributed by atoms with Crippen molar-refractivity contribution in [2.45, 2.75) is 39.3 Å². The van der Waals surface area contributed by atoms with Gasteiger partial charge in [-0.1, -0.05) is 0 Å². The minimum atomic E-state index is -0.0719. The molecule has 0 aliphatic carbocycles. The third-order valence-electron chi connectivity index (χ3n) is 3.33. The first kappa shape index (κ1) is 13.2. The Morgan fingerprint density at radius 3 is 2.61 bits per heavy atom. The Bertz CT molecular complexity index is 429. The summed E-state index contributed by atoms with van der Waals surface area (Å²) in [5, 5.41) is 12.5. The van der Waals surface area contributed by atoms with Gasteiger partial charge in [0, 0.05) is 18.7 Å². The van der Waals surface area contributed by atoms with E-state index in [1.165, 1.54) is 11.1 Å². The van der Waals surface area contributed by atoms with E-state index < -0.39 is 0 Å². The molecule has 2 rings (SSSR count). The second-order valence-corrected chi connectivity index (χ2v) is 5.34. The zero-order valence-electron chi connectivity index (χ0n) is 11.2. The van der Waals surface area contributed by atoms with Gasteiger partial charge in [-0.15, -0.1) is 0 Å². The minimum Gasteiger partial charge on any atom is -0.454 e. The molecule has 100 valence electrons. The van der Waals surface area contributed by atoms with Crippen LogP contribution in [0.5, 0.6) is 11.5 Å². The Labute approximate surface area is 108 Å². The summed E-state index contributed by atoms with van der Waals surface area (Å²) >= 11 is 0. The summed E-state index contributed by atoms with van der Waals surface area (Å²) < 4.78 is 10.7. The van der Waals surface area contributed by atoms with E-state index in [4.69, 9.17) is 14.6 Å². The van der Waals surface area contributed by atoms with E-state index in [1.54, 1.807) is 0 Å². The number of hydrogen-bond donors (Lipinski definition) is 2. The molecule has 0 unspecified atom stereocenters. The van der Waals surface area contributed by atoms with Crippen LogP contribution in [0.2, 0.25) is 0 Å². The van der Waals surface area contributed by atoms with Crippen molar-refractivity contribution in [1.82, 2.24) is 5.32 Å². The van der Waals surface area contributed by atoms with Crippen LogP contribution in [-0.2, 0) is 6.54 Å². The lowest BCUT2D eigenvalue weighted by molar-refractivity contribution is 0.174. The van der Waals surface area contributed by atoms with Crippen LogP contribution in [0.15, 0.2) is 12.1 Å². The monoisotopic (exact) mass is 251 g/mol. The summed E-state index contributed by atoms with van der Waals surface area (Å²) in [6, 6.07) is 4.04. The molecule has 0 spiro atoms. The van der Waals surface area contributed by atoms with Crippen LogP contribution in [0.1, 0.15) is 31.4 Å². The first-order chi connectivity index (χ1) is 8.52. The van der Waals surface area contributed by atoms with E-state index in [0.717, 1.165) is 24.5 Å². The molecule has 0 saturated carbocycles. The highest BCUT2D eigenvalue weighted by Gasteiger charge is 2.19. The lowest BCUT2D eigenvalue weighted by Crippen LogP contribution is -2.39. The predicted molar refractivity (Wildman–Crippen MR) is 69.9 cm³/mol. The SMILES string of the molecule is Cc1cc2c(cc1CNC(C)(C)CCO)OCO2. The maximum Gasteiger partial charge on any atom is 0.231 e. The molecule has 2 N–H and O–H groups in total. The smallest absolute Gasteiger partial charge is 0.231 e. The van der Waals surface area contributed by atoms with Crippen molar-refractivity contribution in [3.8, 4) is 11.5 Å². The van der Waals surface area contributed by atoms with Crippen molar-refractivity contribution < 1.29 is 14.6 Å². The van der Waals surface area contributed by atoms with Crippen LogP contribution in [0, 0.1) is 6.92 Å². The number of nitrogens with one attached hydrogen (secondary N) is 1. The topological polar surface area (TPSA) is 50.7 Å². The van der Waals surface area contributed by atoms with Crippen molar-refractivity contribution in [3.05, 3.63) is 23.3 Å². The first-order valence-corrected chi connectivity index (χ1v) is 6.27. The molecule has 0 radical (unpaired) electrons. The molecule has 18 heavy (non-hydrogen) atoms. The standard InChI is InChI=1S/C14H21NO3/c1-10-6-12-13(18-9-17-12)7-11(10)8-15-14(2,3)4-5-16/h6-7,15-16H,4-5,8-9H2,1-3H3. The average molecular weight is 251 g/mol. The normalized spacial score (nSPS) is 14.0. The van der Waals surface area contributed by atoms with Gasteiger partial charge in [0.2, 0.25) is 6.79 Å². The molecule has 0 amide bonds. The van der Waals surface area contributed by atoms with E-state index in [9.17, 15) is 0 Å². The fourth-order valence-electron chi connectivity index (χ4n) is 1.98. The zero-order chi connectivity index (χ0) is 13.2. The number of benzene rings is 1. The van der Waals surface area contributed by atoms with Crippen LogP contribution in [0.25, 0.3) is 0 Å². The highest BCUT2D eigenvalue weighted by atomic mass is 16.7. The predicted octanol–water partition coefficient (Wildman–Crippen LogP) is 1.97. The summed E-state index contributed by atoms with van der Waals surface area (Å²) in [6.07, 6.45) is 0.733. The molecule has 1 heterocycles. The third-order valence-corrected chi connectivity index (χ3v) is 3.33. The van der Waals surface area contributed by atoms with Gasteiger partial charge in [-0.25, -0.2) is 0 Å². The van der Waals surface area contributed by atoms with Crippen molar-refractivity contribution in [1.29, 1.82) is 0 Å². The molecule has 4 heteroatoms. The molecule has 0 bridgehead atoms. The molecule has 1 aromatic carbocycles. The van der Waals surface area contributed by atoms with Gasteiger partial charge in [-0.05, 0) is 50.5 Å². The van der Waals surface area contributed by atoms with E-state index in [-0.39, 0.29) is 12.1 Å². The summed E-state index contributed by atoms with van der Waals surface area (Å²) in [5.41, 5.74) is 2.31. The van der Waals surface area contributed by atoms with Gasteiger partial charge in [0.15, 0.2) is 11.5 Å². The Hall–Kier alpha value is -1.26. The lowest BCUT2D eigenvalue weighted by atomic mass is 10.00. The fourth-order valence-corrected chi connectivity index (χ4v) is 1.98. The molecule has 1 aliphatic rings. The van der Waals surface area contributed by atoms with Crippen LogP contribution >= 0.6 is 0 Å². The van der Waals surface area contributed by atoms with Crippen LogP contribution in [0.3, 0.4) is 0 Å². The number of rotatable bonds is 5. The van der Waals surface area contributed by atoms with E-state index in [1.807, 2.05) is 12.1 Å². The molecule has 0 atom stereocenters. The lowest BCUT2D eigenvalue weighted by Gasteiger charge is -2.26. The molecule has 1 aliphatic heterocycles. The van der Waals surface area contributed by atoms with Crippen molar-refractivity contribution in [2.24, 2.45) is 0 Å². The van der Waals surface area contributed by atoms with E-state index in [2.05, 4.69) is 26.1 Å². The van der Waals surface area contributed by atoms with E-state index in [0.29, 0.717) is 6.79 Å². The number of fused-ring (bicyclic) bond motifs is 1. The number of aliphatic hydroxyl groups is 1. The number of aliphatic hydroxyl groups excluding tert-OH is 1. The Balaban J connectivity index is 2.06. The Morgan fingerprint density at radius 1 is 1.28 bits per heavy atom. The quantitative estimate of drug-likeness (QED) is 0.840. The number of aryl methyl sites for hydroxylation is 1. The summed E-state index contributed by atoms with van der Waals surface area (Å²) in [5.74, 6) is 1.64. The second-order valence-electron chi connectivity index (χ2n) is 5.34. The minimum absolute atomic E-state index is 0.0719. The van der Waals surface area contributed by atoms with Gasteiger partial charge in [-0.3, -0.25) is 0 Å². The fraction of sp³-hybridized carbons (Fsp3) is 0.571. The van der Waals surface area contributed by atoms with Crippen LogP contribution in [-0.4, -0.2) is 24.0 Å². The van der Waals surface area contributed by atoms with Crippen molar-refractivity contribution >= 4 is 0 Å². The van der Waals surface area contributed by atoms with Gasteiger partial charge in [-0.2, -0.15) is 0 Å². The van der Waals surface area contributed by atoms with Crippen molar-refractivity contribution in [3.63, 3.8) is 0 Å². The van der Waals surface area contributed by atoms with E-state index >= 15 is 0 Å². The molecule has 0 fully saturated rings. The maximum absolute atomic E-state index is 9.00. The molecule has 0 saturated heterocycles. The highest BCUT2D eigenvalue weighted by Crippen LogP contribution is 2.34. The van der Waals surface area contributed by atoms with Gasteiger partial charge in [0.05, 0.1) is 0 Å². The highest BCUT2D eigenvalue weighted by molar-refractivity contribution is 5.48. The number of ether oxygens (including phenoxy) is 2. The molecular weight excluding hydrogens is 230 g/mol. The van der Waals surface area contributed by atoms with Crippen molar-refractivity contribution in [2.75, 3.05) is 13.4 Å². The molecule has 4 nitrogen and oxygen atoms in total. The molecule has 1 aromatic rings. The Kier molecular flexibility index (Phi) is 3.78. The molecule has 0 aromatic heterocycles. The average Bonchev–Trinajstić information content (AvgIpc) is 2.72. The van der Waals surface area contributed by atoms with Crippen LogP contribution < -0.4 is 14.8 Å². The largest absolute Gasteiger partial charge is 0.454 e. The Morgan fingerprint density at radius 2 is 1.94 bits per heavy atom. The summed E-state index contributed by atoms with van der Waals surface area (Å²) in [7, 11) is 0. The van der Waals surface area contributed by atoms with Gasteiger partial charge >= 0.3 is 0 Å².